The first kappa shape index (κ1) is 39.4. The Morgan fingerprint density at radius 2 is 1.53 bits per heavy atom. The SMILES string of the molecule is C=C/C(=C\NCC(C)=CC)C(C)(C)C.C=C/C=C(\Cc1ccccc1)C(C)C.CC.CC1=CC(c2ccccc2)=CCC1. The molecule has 1 N–H and O–H groups in total. The summed E-state index contributed by atoms with van der Waals surface area (Å²) >= 11 is 0. The van der Waals surface area contributed by atoms with Gasteiger partial charge in [-0.3, -0.25) is 0 Å². The van der Waals surface area contributed by atoms with Gasteiger partial charge in [0.1, 0.15) is 0 Å². The maximum Gasteiger partial charge on any atom is 0.0352 e. The number of hydrogen-bond acceptors (Lipinski definition) is 1. The molecule has 0 saturated carbocycles. The van der Waals surface area contributed by atoms with Crippen molar-refractivity contribution in [2.24, 2.45) is 11.3 Å². The van der Waals surface area contributed by atoms with Crippen molar-refractivity contribution in [3.05, 3.63) is 150 Å². The summed E-state index contributed by atoms with van der Waals surface area (Å²) in [6.45, 7) is 29.8. The molecule has 0 fully saturated rings. The second-order valence-corrected chi connectivity index (χ2v) is 11.9. The minimum Gasteiger partial charge on any atom is -0.387 e. The van der Waals surface area contributed by atoms with Crippen LogP contribution in [0.4, 0.5) is 0 Å². The van der Waals surface area contributed by atoms with Crippen molar-refractivity contribution in [1.29, 1.82) is 0 Å². The van der Waals surface area contributed by atoms with Gasteiger partial charge in [0.2, 0.25) is 0 Å². The van der Waals surface area contributed by atoms with Crippen molar-refractivity contribution in [3.8, 4) is 0 Å². The molecular formula is C42H61N. The summed E-state index contributed by atoms with van der Waals surface area (Å²) in [5.41, 5.74) is 9.76. The van der Waals surface area contributed by atoms with Crippen molar-refractivity contribution in [2.75, 3.05) is 6.54 Å². The van der Waals surface area contributed by atoms with Crippen molar-refractivity contribution < 1.29 is 0 Å². The number of rotatable bonds is 9. The second kappa shape index (κ2) is 22.9. The predicted molar refractivity (Wildman–Crippen MR) is 197 cm³/mol. The summed E-state index contributed by atoms with van der Waals surface area (Å²) in [7, 11) is 0. The van der Waals surface area contributed by atoms with E-state index in [4.69, 9.17) is 0 Å². The largest absolute Gasteiger partial charge is 0.387 e. The third-order valence-corrected chi connectivity index (χ3v) is 6.95. The molecule has 43 heavy (non-hydrogen) atoms. The van der Waals surface area contributed by atoms with Crippen LogP contribution in [0.15, 0.2) is 139 Å². The third kappa shape index (κ3) is 17.9. The van der Waals surface area contributed by atoms with Crippen molar-refractivity contribution in [2.45, 2.75) is 88.5 Å². The summed E-state index contributed by atoms with van der Waals surface area (Å²) in [5.74, 6) is 0.591. The van der Waals surface area contributed by atoms with Gasteiger partial charge >= 0.3 is 0 Å². The lowest BCUT2D eigenvalue weighted by Gasteiger charge is -2.20. The van der Waals surface area contributed by atoms with Crippen LogP contribution in [0.3, 0.4) is 0 Å². The van der Waals surface area contributed by atoms with Gasteiger partial charge in [-0.25, -0.2) is 0 Å². The molecule has 0 heterocycles. The Morgan fingerprint density at radius 1 is 0.953 bits per heavy atom. The van der Waals surface area contributed by atoms with Crippen LogP contribution in [0.2, 0.25) is 0 Å². The summed E-state index contributed by atoms with van der Waals surface area (Å²) in [6, 6.07) is 21.1. The van der Waals surface area contributed by atoms with Crippen LogP contribution in [0, 0.1) is 11.3 Å². The van der Waals surface area contributed by atoms with Crippen LogP contribution >= 0.6 is 0 Å². The van der Waals surface area contributed by atoms with Gasteiger partial charge in [0.05, 0.1) is 0 Å². The predicted octanol–water partition coefficient (Wildman–Crippen LogP) is 12.5. The zero-order chi connectivity index (χ0) is 32.7. The minimum absolute atomic E-state index is 0.165. The van der Waals surface area contributed by atoms with Gasteiger partial charge in [0.25, 0.3) is 0 Å². The number of nitrogens with one attached hydrogen (secondary N) is 1. The molecule has 3 rings (SSSR count). The molecule has 2 aromatic rings. The Labute approximate surface area is 266 Å². The van der Waals surface area contributed by atoms with Crippen LogP contribution in [-0.4, -0.2) is 6.54 Å². The molecule has 1 aliphatic rings. The molecule has 0 unspecified atom stereocenters. The topological polar surface area (TPSA) is 12.0 Å². The molecule has 1 aliphatic carbocycles. The Bertz CT molecular complexity index is 1190. The average molecular weight is 580 g/mol. The van der Waals surface area contributed by atoms with Gasteiger partial charge in [-0.2, -0.15) is 0 Å². The van der Waals surface area contributed by atoms with E-state index in [1.807, 2.05) is 26.0 Å². The normalized spacial score (nSPS) is 13.5. The number of allylic oxidation sites excluding steroid dienone is 10. The molecule has 2 aromatic carbocycles. The van der Waals surface area contributed by atoms with Crippen LogP contribution in [-0.2, 0) is 6.42 Å². The summed E-state index contributed by atoms with van der Waals surface area (Å²) in [5, 5.41) is 3.29. The smallest absolute Gasteiger partial charge is 0.0352 e. The fourth-order valence-corrected chi connectivity index (χ4v) is 4.13. The van der Waals surface area contributed by atoms with E-state index in [9.17, 15) is 0 Å². The van der Waals surface area contributed by atoms with Crippen LogP contribution in [0.5, 0.6) is 0 Å². The molecule has 0 aromatic heterocycles. The first-order chi connectivity index (χ1) is 20.5. The highest BCUT2D eigenvalue weighted by molar-refractivity contribution is 5.75. The monoisotopic (exact) mass is 579 g/mol. The molecule has 0 atom stereocenters. The Hall–Kier alpha value is -3.58. The lowest BCUT2D eigenvalue weighted by molar-refractivity contribution is 0.513. The lowest BCUT2D eigenvalue weighted by atomic mass is 9.87. The van der Waals surface area contributed by atoms with Gasteiger partial charge in [-0.15, -0.1) is 0 Å². The maximum absolute atomic E-state index is 3.82. The molecule has 0 aliphatic heterocycles. The van der Waals surface area contributed by atoms with E-state index in [1.54, 1.807) is 0 Å². The van der Waals surface area contributed by atoms with E-state index in [2.05, 4.69) is 165 Å². The molecule has 234 valence electrons. The quantitative estimate of drug-likeness (QED) is 0.230. The van der Waals surface area contributed by atoms with Gasteiger partial charge in [0, 0.05) is 12.7 Å². The van der Waals surface area contributed by atoms with Gasteiger partial charge in [-0.05, 0) is 73.6 Å². The van der Waals surface area contributed by atoms with E-state index in [-0.39, 0.29) is 5.41 Å². The second-order valence-electron chi connectivity index (χ2n) is 11.9. The van der Waals surface area contributed by atoms with Crippen LogP contribution < -0.4 is 5.32 Å². The van der Waals surface area contributed by atoms with Gasteiger partial charge in [0.15, 0.2) is 0 Å². The van der Waals surface area contributed by atoms with E-state index in [1.165, 1.54) is 51.8 Å². The fourth-order valence-electron chi connectivity index (χ4n) is 4.13. The standard InChI is InChI=1S/C14H18.C13H23N.C13H14.C2H6/c1-4-8-14(12(2)3)11-13-9-6-5-7-10-13;1-7-11(3)9-14-10-12(8-2)13(4,5)6;1-11-6-5-9-13(10-11)12-7-3-2-4-8-12;1-2/h4-10,12H,1,11H2,2-3H3;7-8,10,14H,2,9H2,1,3-6H3;2-4,7-10H,5-6H2,1H3;1-2H3/b14-8+;11-7?,12-10+;;. The summed E-state index contributed by atoms with van der Waals surface area (Å²) < 4.78 is 0. The molecular weight excluding hydrogens is 518 g/mol. The summed E-state index contributed by atoms with van der Waals surface area (Å²) in [6.07, 6.45) is 18.1. The van der Waals surface area contributed by atoms with E-state index in [0.29, 0.717) is 5.92 Å². The molecule has 1 nitrogen and oxygen atoms in total. The molecule has 0 amide bonds. The zero-order valence-corrected chi connectivity index (χ0v) is 29.1. The van der Waals surface area contributed by atoms with Crippen molar-refractivity contribution in [1.82, 2.24) is 5.32 Å². The first-order valence-corrected chi connectivity index (χ1v) is 16.0. The Balaban J connectivity index is 0.000000597. The number of hydrogen-bond donors (Lipinski definition) is 1. The fraction of sp³-hybridized carbons (Fsp3) is 0.381. The van der Waals surface area contributed by atoms with Crippen molar-refractivity contribution in [3.63, 3.8) is 0 Å². The number of benzene rings is 2. The lowest BCUT2D eigenvalue weighted by Crippen LogP contribution is -2.14. The summed E-state index contributed by atoms with van der Waals surface area (Å²) in [4.78, 5) is 0. The van der Waals surface area contributed by atoms with E-state index in [0.717, 1.165) is 13.0 Å². The Kier molecular flexibility index (Phi) is 21.0. The highest BCUT2D eigenvalue weighted by Crippen LogP contribution is 2.25. The third-order valence-electron chi connectivity index (χ3n) is 6.95. The Morgan fingerprint density at radius 3 is 2.00 bits per heavy atom. The van der Waals surface area contributed by atoms with Gasteiger partial charge in [-0.1, -0.05) is 175 Å². The molecule has 0 radical (unpaired) electrons. The van der Waals surface area contributed by atoms with E-state index >= 15 is 0 Å². The zero-order valence-electron chi connectivity index (χ0n) is 29.1. The first-order valence-electron chi connectivity index (χ1n) is 16.0. The van der Waals surface area contributed by atoms with E-state index < -0.39 is 0 Å². The minimum atomic E-state index is 0.165. The highest BCUT2D eigenvalue weighted by Gasteiger charge is 2.13. The molecule has 1 heteroatoms. The van der Waals surface area contributed by atoms with Crippen LogP contribution in [0.25, 0.3) is 5.57 Å². The van der Waals surface area contributed by atoms with Gasteiger partial charge < -0.3 is 5.32 Å². The molecule has 0 bridgehead atoms. The average Bonchev–Trinajstić information content (AvgIpc) is 3.01. The van der Waals surface area contributed by atoms with Crippen molar-refractivity contribution >= 4 is 5.57 Å². The maximum atomic E-state index is 3.82. The highest BCUT2D eigenvalue weighted by atomic mass is 14.8. The molecule has 0 spiro atoms. The van der Waals surface area contributed by atoms with Crippen LogP contribution in [0.1, 0.15) is 93.2 Å². The molecule has 0 saturated heterocycles.